The predicted octanol–water partition coefficient (Wildman–Crippen LogP) is 3.24. The highest BCUT2D eigenvalue weighted by molar-refractivity contribution is 7.89. The van der Waals surface area contributed by atoms with Crippen LogP contribution in [0.25, 0.3) is 10.2 Å². The summed E-state index contributed by atoms with van der Waals surface area (Å²) >= 11 is 1.47. The fourth-order valence-electron chi connectivity index (χ4n) is 2.30. The Morgan fingerprint density at radius 3 is 2.52 bits per heavy atom. The zero-order valence-corrected chi connectivity index (χ0v) is 15.3. The van der Waals surface area contributed by atoms with Crippen molar-refractivity contribution in [3.63, 3.8) is 0 Å². The van der Waals surface area contributed by atoms with E-state index in [4.69, 9.17) is 0 Å². The van der Waals surface area contributed by atoms with Crippen molar-refractivity contribution in [1.29, 1.82) is 0 Å². The van der Waals surface area contributed by atoms with Gasteiger partial charge in [0.05, 0.1) is 20.6 Å². The van der Waals surface area contributed by atoms with E-state index in [9.17, 15) is 13.2 Å². The minimum Gasteiger partial charge on any atom is -0.322 e. The molecule has 0 bridgehead atoms. The van der Waals surface area contributed by atoms with Crippen LogP contribution in [0.15, 0.2) is 52.9 Å². The maximum absolute atomic E-state index is 12.3. The number of anilines is 1. The molecule has 0 atom stereocenters. The van der Waals surface area contributed by atoms with Gasteiger partial charge in [0.2, 0.25) is 10.0 Å². The average molecular weight is 375 g/mol. The third-order valence-corrected chi connectivity index (χ3v) is 5.87. The van der Waals surface area contributed by atoms with Crippen LogP contribution in [0.3, 0.4) is 0 Å². The van der Waals surface area contributed by atoms with Crippen LogP contribution in [0.2, 0.25) is 0 Å². The number of sulfonamides is 1. The first kappa shape index (κ1) is 17.5. The molecule has 2 N–H and O–H groups in total. The first-order valence-corrected chi connectivity index (χ1v) is 9.98. The summed E-state index contributed by atoms with van der Waals surface area (Å²) < 4.78 is 27.6. The van der Waals surface area contributed by atoms with Gasteiger partial charge in [-0.05, 0) is 56.3 Å². The van der Waals surface area contributed by atoms with E-state index in [0.29, 0.717) is 11.3 Å². The Hall–Kier alpha value is -2.29. The molecule has 3 aromatic rings. The molecule has 130 valence electrons. The number of hydrogen-bond donors (Lipinski definition) is 2. The summed E-state index contributed by atoms with van der Waals surface area (Å²) in [4.78, 5) is 16.7. The lowest BCUT2D eigenvalue weighted by Crippen LogP contribution is -2.30. The molecule has 0 saturated carbocycles. The number of nitrogens with zero attached hydrogens (tertiary/aromatic N) is 1. The summed E-state index contributed by atoms with van der Waals surface area (Å²) in [6, 6.07) is 11.2. The molecule has 0 fully saturated rings. The predicted molar refractivity (Wildman–Crippen MR) is 99.5 cm³/mol. The lowest BCUT2D eigenvalue weighted by molar-refractivity contribution is 0.102. The maximum atomic E-state index is 12.3. The smallest absolute Gasteiger partial charge is 0.255 e. The van der Waals surface area contributed by atoms with Gasteiger partial charge in [-0.25, -0.2) is 18.1 Å². The summed E-state index contributed by atoms with van der Waals surface area (Å²) in [5.74, 6) is -0.258. The van der Waals surface area contributed by atoms with Crippen molar-refractivity contribution in [2.45, 2.75) is 24.8 Å². The van der Waals surface area contributed by atoms with Crippen molar-refractivity contribution >= 4 is 43.2 Å². The molecule has 1 heterocycles. The third kappa shape index (κ3) is 4.04. The lowest BCUT2D eigenvalue weighted by atomic mass is 10.2. The molecule has 0 aliphatic heterocycles. The van der Waals surface area contributed by atoms with Crippen molar-refractivity contribution in [3.05, 3.63) is 53.5 Å². The van der Waals surface area contributed by atoms with Crippen LogP contribution in [-0.2, 0) is 10.0 Å². The van der Waals surface area contributed by atoms with Crippen LogP contribution in [-0.4, -0.2) is 25.4 Å². The largest absolute Gasteiger partial charge is 0.322 e. The highest BCUT2D eigenvalue weighted by atomic mass is 32.2. The van der Waals surface area contributed by atoms with E-state index in [1.54, 1.807) is 49.7 Å². The quantitative estimate of drug-likeness (QED) is 0.717. The Bertz CT molecular complexity index is 1010. The normalized spacial score (nSPS) is 11.8. The number of carbonyl (C=O) groups is 1. The van der Waals surface area contributed by atoms with Gasteiger partial charge in [-0.1, -0.05) is 0 Å². The maximum Gasteiger partial charge on any atom is 0.255 e. The van der Waals surface area contributed by atoms with E-state index in [1.165, 1.54) is 23.5 Å². The van der Waals surface area contributed by atoms with E-state index in [1.807, 2.05) is 0 Å². The van der Waals surface area contributed by atoms with Crippen molar-refractivity contribution in [1.82, 2.24) is 9.71 Å². The number of nitrogens with one attached hydrogen (secondary N) is 2. The molecule has 0 radical (unpaired) electrons. The molecule has 1 amide bonds. The number of carbonyl (C=O) groups excluding carboxylic acids is 1. The van der Waals surface area contributed by atoms with Crippen LogP contribution in [0, 0.1) is 0 Å². The van der Waals surface area contributed by atoms with Gasteiger partial charge in [0.1, 0.15) is 0 Å². The molecular weight excluding hydrogens is 358 g/mol. The van der Waals surface area contributed by atoms with Gasteiger partial charge in [0, 0.05) is 17.3 Å². The molecule has 1 aromatic heterocycles. The minimum atomic E-state index is -3.54. The van der Waals surface area contributed by atoms with Gasteiger partial charge in [0.25, 0.3) is 5.91 Å². The van der Waals surface area contributed by atoms with Crippen molar-refractivity contribution in [2.75, 3.05) is 5.32 Å². The second kappa shape index (κ2) is 6.91. The molecule has 8 heteroatoms. The number of benzene rings is 2. The Balaban J connectivity index is 1.75. The Kier molecular flexibility index (Phi) is 4.85. The van der Waals surface area contributed by atoms with Crippen molar-refractivity contribution in [3.8, 4) is 0 Å². The molecule has 25 heavy (non-hydrogen) atoms. The molecule has 0 unspecified atom stereocenters. The van der Waals surface area contributed by atoms with Gasteiger partial charge in [-0.15, -0.1) is 11.3 Å². The highest BCUT2D eigenvalue weighted by Gasteiger charge is 2.15. The minimum absolute atomic E-state index is 0.158. The van der Waals surface area contributed by atoms with E-state index in [0.717, 1.165) is 10.2 Å². The summed E-state index contributed by atoms with van der Waals surface area (Å²) in [5, 5.41) is 2.76. The molecule has 0 aliphatic carbocycles. The molecular formula is C17H17N3O3S2. The fourth-order valence-corrected chi connectivity index (χ4v) is 4.26. The van der Waals surface area contributed by atoms with Crippen LogP contribution in [0.1, 0.15) is 24.2 Å². The number of amides is 1. The van der Waals surface area contributed by atoms with Crippen LogP contribution in [0.5, 0.6) is 0 Å². The zero-order chi connectivity index (χ0) is 18.0. The first-order chi connectivity index (χ1) is 11.8. The Labute approximate surface area is 150 Å². The van der Waals surface area contributed by atoms with Gasteiger partial charge < -0.3 is 5.32 Å². The monoisotopic (exact) mass is 375 g/mol. The lowest BCUT2D eigenvalue weighted by Gasteiger charge is -2.10. The molecule has 2 aromatic carbocycles. The Morgan fingerprint density at radius 2 is 1.84 bits per heavy atom. The molecule has 0 saturated heterocycles. The van der Waals surface area contributed by atoms with Crippen LogP contribution >= 0.6 is 11.3 Å². The van der Waals surface area contributed by atoms with Gasteiger partial charge in [-0.3, -0.25) is 4.79 Å². The summed E-state index contributed by atoms with van der Waals surface area (Å²) in [7, 11) is -3.54. The van der Waals surface area contributed by atoms with Crippen molar-refractivity contribution < 1.29 is 13.2 Å². The van der Waals surface area contributed by atoms with Crippen molar-refractivity contribution in [2.24, 2.45) is 0 Å². The van der Waals surface area contributed by atoms with Crippen LogP contribution in [0.4, 0.5) is 5.69 Å². The van der Waals surface area contributed by atoms with Gasteiger partial charge >= 0.3 is 0 Å². The van der Waals surface area contributed by atoms with E-state index in [2.05, 4.69) is 15.0 Å². The van der Waals surface area contributed by atoms with E-state index in [-0.39, 0.29) is 16.8 Å². The van der Waals surface area contributed by atoms with E-state index < -0.39 is 10.0 Å². The zero-order valence-electron chi connectivity index (χ0n) is 13.7. The second-order valence-electron chi connectivity index (χ2n) is 5.79. The average Bonchev–Trinajstić information content (AvgIpc) is 3.01. The molecule has 0 spiro atoms. The van der Waals surface area contributed by atoms with Crippen LogP contribution < -0.4 is 10.0 Å². The number of fused-ring (bicyclic) bond motifs is 1. The highest BCUT2D eigenvalue weighted by Crippen LogP contribution is 2.20. The van der Waals surface area contributed by atoms with Gasteiger partial charge in [0.15, 0.2) is 0 Å². The molecule has 6 nitrogen and oxygen atoms in total. The number of hydrogen-bond acceptors (Lipinski definition) is 5. The summed E-state index contributed by atoms with van der Waals surface area (Å²) in [6.07, 6.45) is 0. The first-order valence-electron chi connectivity index (χ1n) is 7.62. The number of rotatable bonds is 5. The number of aromatic nitrogens is 1. The van der Waals surface area contributed by atoms with Gasteiger partial charge in [-0.2, -0.15) is 0 Å². The standard InChI is InChI=1S/C17H17N3O3S2/c1-11(2)20-25(22,23)14-6-4-13(5-7-14)19-17(21)12-3-8-15-16(9-12)24-10-18-15/h3-11,20H,1-2H3,(H,19,21). The van der Waals surface area contributed by atoms with E-state index >= 15 is 0 Å². The topological polar surface area (TPSA) is 88.2 Å². The summed E-state index contributed by atoms with van der Waals surface area (Å²) in [5.41, 5.74) is 3.64. The second-order valence-corrected chi connectivity index (χ2v) is 8.39. The number of thiazole rings is 1. The molecule has 3 rings (SSSR count). The Morgan fingerprint density at radius 1 is 1.12 bits per heavy atom. The summed E-state index contributed by atoms with van der Waals surface area (Å²) in [6.45, 7) is 3.51. The fraction of sp³-hybridized carbons (Fsp3) is 0.176. The third-order valence-electron chi connectivity index (χ3n) is 3.41. The molecule has 0 aliphatic rings. The SMILES string of the molecule is CC(C)NS(=O)(=O)c1ccc(NC(=O)c2ccc3ncsc3c2)cc1.